The highest BCUT2D eigenvalue weighted by atomic mass is 127. The summed E-state index contributed by atoms with van der Waals surface area (Å²) < 4.78 is 11.3. The third-order valence-corrected chi connectivity index (χ3v) is 5.24. The second-order valence-corrected chi connectivity index (χ2v) is 6.97. The first-order valence-corrected chi connectivity index (χ1v) is 9.59. The molecule has 0 saturated carbocycles. The van der Waals surface area contributed by atoms with Crippen molar-refractivity contribution in [3.8, 4) is 0 Å². The van der Waals surface area contributed by atoms with E-state index in [-0.39, 0.29) is 29.4 Å². The van der Waals surface area contributed by atoms with Gasteiger partial charge in [0.1, 0.15) is 0 Å². The van der Waals surface area contributed by atoms with E-state index in [1.165, 1.54) is 5.56 Å². The highest BCUT2D eigenvalue weighted by Gasteiger charge is 2.34. The van der Waals surface area contributed by atoms with E-state index in [1.807, 2.05) is 0 Å². The molecule has 2 N–H and O–H groups in total. The van der Waals surface area contributed by atoms with Gasteiger partial charge in [-0.2, -0.15) is 0 Å². The zero-order valence-corrected chi connectivity index (χ0v) is 18.0. The lowest BCUT2D eigenvalue weighted by atomic mass is 9.74. The van der Waals surface area contributed by atoms with Crippen LogP contribution in [0.25, 0.3) is 0 Å². The van der Waals surface area contributed by atoms with Crippen LogP contribution in [0.4, 0.5) is 0 Å². The predicted octanol–water partition coefficient (Wildman–Crippen LogP) is 3.09. The molecule has 26 heavy (non-hydrogen) atoms. The van der Waals surface area contributed by atoms with E-state index in [0.29, 0.717) is 6.10 Å². The number of aliphatic imine (C=N–C) groups is 1. The Morgan fingerprint density at radius 1 is 1.15 bits per heavy atom. The average molecular weight is 473 g/mol. The van der Waals surface area contributed by atoms with Gasteiger partial charge in [-0.25, -0.2) is 0 Å². The Hall–Kier alpha value is -0.860. The molecule has 0 amide bonds. The van der Waals surface area contributed by atoms with Gasteiger partial charge in [0.2, 0.25) is 0 Å². The first-order chi connectivity index (χ1) is 12.3. The van der Waals surface area contributed by atoms with Gasteiger partial charge in [0.15, 0.2) is 5.96 Å². The maximum atomic E-state index is 5.70. The van der Waals surface area contributed by atoms with Crippen LogP contribution in [-0.2, 0) is 14.9 Å². The Bertz CT molecular complexity index is 541. The van der Waals surface area contributed by atoms with Crippen LogP contribution in [0.2, 0.25) is 0 Å². The van der Waals surface area contributed by atoms with Gasteiger partial charge < -0.3 is 20.1 Å². The van der Waals surface area contributed by atoms with Crippen molar-refractivity contribution in [3.63, 3.8) is 0 Å². The summed E-state index contributed by atoms with van der Waals surface area (Å²) in [5.41, 5.74) is 1.45. The summed E-state index contributed by atoms with van der Waals surface area (Å²) >= 11 is 0. The van der Waals surface area contributed by atoms with Crippen molar-refractivity contribution in [1.29, 1.82) is 0 Å². The maximum Gasteiger partial charge on any atom is 0.191 e. The van der Waals surface area contributed by atoms with Crippen LogP contribution in [0, 0.1) is 0 Å². The summed E-state index contributed by atoms with van der Waals surface area (Å²) in [4.78, 5) is 4.93. The fourth-order valence-corrected chi connectivity index (χ4v) is 3.68. The third kappa shape index (κ3) is 5.82. The normalized spacial score (nSPS) is 22.5. The first-order valence-electron chi connectivity index (χ1n) is 9.59. The Balaban J connectivity index is 0.00000243. The fraction of sp³-hybridized carbons (Fsp3) is 0.650. The van der Waals surface area contributed by atoms with E-state index in [2.05, 4.69) is 47.9 Å². The molecule has 1 aromatic carbocycles. The Kier molecular flexibility index (Phi) is 9.15. The van der Waals surface area contributed by atoms with Crippen molar-refractivity contribution in [3.05, 3.63) is 35.9 Å². The summed E-state index contributed by atoms with van der Waals surface area (Å²) in [6, 6.07) is 10.8. The van der Waals surface area contributed by atoms with Crippen LogP contribution < -0.4 is 10.6 Å². The predicted molar refractivity (Wildman–Crippen MR) is 117 cm³/mol. The number of hydrogen-bond acceptors (Lipinski definition) is 3. The first kappa shape index (κ1) is 21.4. The van der Waals surface area contributed by atoms with Crippen molar-refractivity contribution in [2.75, 3.05) is 39.5 Å². The standard InChI is InChI=1S/C20H31N3O2.HI/c1-2-21-19(22-15-18-9-6-12-25-18)23-16-20(10-13-24-14-11-20)17-7-4-3-5-8-17;/h3-5,7-8,18H,2,6,9-16H2,1H3,(H2,21,22,23);1H. The monoisotopic (exact) mass is 473 g/mol. The number of rotatable bonds is 6. The SMILES string of the molecule is CCNC(=NCC1(c2ccccc2)CCOCC1)NCC1CCCO1.I. The zero-order chi connectivity index (χ0) is 17.4. The van der Waals surface area contributed by atoms with Crippen molar-refractivity contribution in [2.24, 2.45) is 4.99 Å². The smallest absolute Gasteiger partial charge is 0.191 e. The lowest BCUT2D eigenvalue weighted by Crippen LogP contribution is -2.43. The van der Waals surface area contributed by atoms with Gasteiger partial charge in [-0.3, -0.25) is 4.99 Å². The Morgan fingerprint density at radius 2 is 1.92 bits per heavy atom. The molecule has 0 bridgehead atoms. The van der Waals surface area contributed by atoms with E-state index < -0.39 is 0 Å². The van der Waals surface area contributed by atoms with Crippen LogP contribution in [0.3, 0.4) is 0 Å². The van der Waals surface area contributed by atoms with Gasteiger partial charge in [0.25, 0.3) is 0 Å². The minimum atomic E-state index is 0. The number of hydrogen-bond donors (Lipinski definition) is 2. The molecule has 1 aromatic rings. The zero-order valence-electron chi connectivity index (χ0n) is 15.7. The molecule has 3 rings (SSSR count). The number of ether oxygens (including phenoxy) is 2. The molecule has 6 heteroatoms. The Labute approximate surface area is 174 Å². The van der Waals surface area contributed by atoms with Crippen molar-refractivity contribution >= 4 is 29.9 Å². The summed E-state index contributed by atoms with van der Waals surface area (Å²) in [5, 5.41) is 6.82. The van der Waals surface area contributed by atoms with Gasteiger partial charge in [-0.15, -0.1) is 24.0 Å². The summed E-state index contributed by atoms with van der Waals surface area (Å²) in [7, 11) is 0. The van der Waals surface area contributed by atoms with Gasteiger partial charge in [0.05, 0.1) is 12.6 Å². The average Bonchev–Trinajstić information content (AvgIpc) is 3.19. The van der Waals surface area contributed by atoms with Gasteiger partial charge in [0, 0.05) is 38.3 Å². The molecule has 5 nitrogen and oxygen atoms in total. The van der Waals surface area contributed by atoms with Crippen molar-refractivity contribution in [2.45, 2.75) is 44.1 Å². The summed E-state index contributed by atoms with van der Waals surface area (Å²) in [5.74, 6) is 0.889. The van der Waals surface area contributed by atoms with Crippen molar-refractivity contribution in [1.82, 2.24) is 10.6 Å². The van der Waals surface area contributed by atoms with E-state index in [0.717, 1.165) is 71.1 Å². The van der Waals surface area contributed by atoms with Gasteiger partial charge >= 0.3 is 0 Å². The summed E-state index contributed by atoms with van der Waals surface area (Å²) in [6.07, 6.45) is 4.65. The number of nitrogens with zero attached hydrogens (tertiary/aromatic N) is 1. The van der Waals surface area contributed by atoms with Crippen LogP contribution in [0.1, 0.15) is 38.2 Å². The molecule has 2 fully saturated rings. The van der Waals surface area contributed by atoms with E-state index in [1.54, 1.807) is 0 Å². The lowest BCUT2D eigenvalue weighted by molar-refractivity contribution is 0.0531. The van der Waals surface area contributed by atoms with Gasteiger partial charge in [-0.1, -0.05) is 30.3 Å². The molecule has 2 aliphatic heterocycles. The number of halogens is 1. The number of guanidine groups is 1. The molecule has 0 spiro atoms. The quantitative estimate of drug-likeness (QED) is 0.379. The molecule has 0 radical (unpaired) electrons. The molecule has 0 aromatic heterocycles. The van der Waals surface area contributed by atoms with E-state index >= 15 is 0 Å². The number of nitrogens with one attached hydrogen (secondary N) is 2. The lowest BCUT2D eigenvalue weighted by Gasteiger charge is -2.36. The molecular formula is C20H32IN3O2. The highest BCUT2D eigenvalue weighted by molar-refractivity contribution is 14.0. The number of benzene rings is 1. The molecule has 1 unspecified atom stereocenters. The molecular weight excluding hydrogens is 441 g/mol. The van der Waals surface area contributed by atoms with Gasteiger partial charge in [-0.05, 0) is 38.2 Å². The van der Waals surface area contributed by atoms with Crippen LogP contribution >= 0.6 is 24.0 Å². The van der Waals surface area contributed by atoms with Crippen LogP contribution in [0.15, 0.2) is 35.3 Å². The van der Waals surface area contributed by atoms with E-state index in [9.17, 15) is 0 Å². The Morgan fingerprint density at radius 3 is 2.58 bits per heavy atom. The second-order valence-electron chi connectivity index (χ2n) is 6.97. The van der Waals surface area contributed by atoms with Crippen LogP contribution in [-0.4, -0.2) is 51.5 Å². The third-order valence-electron chi connectivity index (χ3n) is 5.24. The molecule has 2 aliphatic rings. The largest absolute Gasteiger partial charge is 0.381 e. The minimum Gasteiger partial charge on any atom is -0.381 e. The topological polar surface area (TPSA) is 54.9 Å². The summed E-state index contributed by atoms with van der Waals surface area (Å²) in [6.45, 7) is 7.07. The van der Waals surface area contributed by atoms with Crippen molar-refractivity contribution < 1.29 is 9.47 Å². The van der Waals surface area contributed by atoms with Crippen LogP contribution in [0.5, 0.6) is 0 Å². The fourth-order valence-electron chi connectivity index (χ4n) is 3.68. The highest BCUT2D eigenvalue weighted by Crippen LogP contribution is 2.35. The van der Waals surface area contributed by atoms with E-state index in [4.69, 9.17) is 14.5 Å². The molecule has 1 atom stereocenters. The molecule has 146 valence electrons. The molecule has 0 aliphatic carbocycles. The minimum absolute atomic E-state index is 0. The molecule has 2 heterocycles. The second kappa shape index (κ2) is 11.1. The maximum absolute atomic E-state index is 5.70. The molecule has 2 saturated heterocycles.